The molecule has 0 saturated carbocycles. The fourth-order valence-corrected chi connectivity index (χ4v) is 6.23. The molecule has 0 saturated heterocycles. The van der Waals surface area contributed by atoms with Crippen LogP contribution in [0.15, 0.2) is 71.6 Å². The number of anilines is 2. The Morgan fingerprint density at radius 3 is 2.52 bits per heavy atom. The van der Waals surface area contributed by atoms with Gasteiger partial charge in [-0.3, -0.25) is 9.10 Å². The van der Waals surface area contributed by atoms with Crippen LogP contribution in [0.2, 0.25) is 0 Å². The Hall–Kier alpha value is -3.12. The van der Waals surface area contributed by atoms with Gasteiger partial charge in [0.15, 0.2) is 0 Å². The smallest absolute Gasteiger partial charge is 0.264 e. The van der Waals surface area contributed by atoms with Crippen molar-refractivity contribution in [3.63, 3.8) is 0 Å². The average molecular weight is 433 g/mol. The molecule has 0 radical (unpaired) electrons. The number of nitrogens with zero attached hydrogens (tertiary/aromatic N) is 2. The van der Waals surface area contributed by atoms with Crippen LogP contribution in [-0.4, -0.2) is 27.4 Å². The topological polar surface area (TPSA) is 57.7 Å². The molecule has 2 aliphatic heterocycles. The van der Waals surface area contributed by atoms with Crippen molar-refractivity contribution in [2.24, 2.45) is 0 Å². The standard InChI is InChI=1S/C25H24N2O3S/c1-18-7-4-9-20-11-6-15-26(24(18)20)25(28)21-10-5-12-22(17-21)31(29,30)27-16-14-19-8-2-3-13-23(19)27/h2-5,7-10,12-13,17H,6,11,14-16H2,1H3. The van der Waals surface area contributed by atoms with Crippen molar-refractivity contribution < 1.29 is 13.2 Å². The molecule has 0 N–H and O–H groups in total. The van der Waals surface area contributed by atoms with Gasteiger partial charge < -0.3 is 4.90 Å². The maximum atomic E-state index is 13.4. The number of rotatable bonds is 3. The molecule has 0 bridgehead atoms. The predicted molar refractivity (Wildman–Crippen MR) is 122 cm³/mol. The number of aryl methyl sites for hydroxylation is 2. The molecular weight excluding hydrogens is 408 g/mol. The highest BCUT2D eigenvalue weighted by atomic mass is 32.2. The van der Waals surface area contributed by atoms with Gasteiger partial charge in [-0.1, -0.05) is 42.5 Å². The number of fused-ring (bicyclic) bond motifs is 2. The molecule has 6 heteroatoms. The zero-order chi connectivity index (χ0) is 21.6. The van der Waals surface area contributed by atoms with Gasteiger partial charge in [0.2, 0.25) is 0 Å². The molecule has 2 aliphatic rings. The minimum absolute atomic E-state index is 0.150. The summed E-state index contributed by atoms with van der Waals surface area (Å²) >= 11 is 0. The summed E-state index contributed by atoms with van der Waals surface area (Å²) in [5, 5.41) is 0. The van der Waals surface area contributed by atoms with E-state index in [1.54, 1.807) is 23.1 Å². The highest BCUT2D eigenvalue weighted by Crippen LogP contribution is 2.34. The number of para-hydroxylation sites is 2. The van der Waals surface area contributed by atoms with Gasteiger partial charge in [0.25, 0.3) is 15.9 Å². The number of carbonyl (C=O) groups excluding carboxylic acids is 1. The number of hydrogen-bond donors (Lipinski definition) is 0. The lowest BCUT2D eigenvalue weighted by Crippen LogP contribution is -2.36. The molecule has 0 fully saturated rings. The van der Waals surface area contributed by atoms with Gasteiger partial charge in [-0.25, -0.2) is 8.42 Å². The van der Waals surface area contributed by atoms with Crippen molar-refractivity contribution in [2.75, 3.05) is 22.3 Å². The highest BCUT2D eigenvalue weighted by Gasteiger charge is 2.32. The third kappa shape index (κ3) is 3.31. The largest absolute Gasteiger partial charge is 0.308 e. The SMILES string of the molecule is Cc1cccc2c1N(C(=O)c1cccc(S(=O)(=O)N3CCc4ccccc43)c1)CCC2. The van der Waals surface area contributed by atoms with Crippen molar-refractivity contribution in [2.45, 2.75) is 31.1 Å². The molecule has 3 aromatic rings. The van der Waals surface area contributed by atoms with Crippen LogP contribution in [0.4, 0.5) is 11.4 Å². The van der Waals surface area contributed by atoms with Gasteiger partial charge in [-0.15, -0.1) is 0 Å². The van der Waals surface area contributed by atoms with Crippen LogP contribution < -0.4 is 9.21 Å². The molecule has 2 heterocycles. The van der Waals surface area contributed by atoms with E-state index >= 15 is 0 Å². The molecule has 5 rings (SSSR count). The maximum Gasteiger partial charge on any atom is 0.264 e. The molecule has 0 atom stereocenters. The Balaban J connectivity index is 1.50. The number of carbonyl (C=O) groups is 1. The van der Waals surface area contributed by atoms with Crippen molar-refractivity contribution in [1.82, 2.24) is 0 Å². The second-order valence-corrected chi connectivity index (χ2v) is 9.99. The van der Waals surface area contributed by atoms with E-state index in [0.29, 0.717) is 25.1 Å². The Morgan fingerprint density at radius 2 is 1.65 bits per heavy atom. The molecule has 31 heavy (non-hydrogen) atoms. The zero-order valence-corrected chi connectivity index (χ0v) is 18.2. The highest BCUT2D eigenvalue weighted by molar-refractivity contribution is 7.92. The summed E-state index contributed by atoms with van der Waals surface area (Å²) in [7, 11) is -3.74. The van der Waals surface area contributed by atoms with E-state index in [2.05, 4.69) is 6.07 Å². The Labute approximate surface area is 183 Å². The first-order valence-electron chi connectivity index (χ1n) is 10.6. The summed E-state index contributed by atoms with van der Waals surface area (Å²) in [4.78, 5) is 15.4. The van der Waals surface area contributed by atoms with Crippen LogP contribution in [0.5, 0.6) is 0 Å². The summed E-state index contributed by atoms with van der Waals surface area (Å²) in [5.41, 5.74) is 5.32. The van der Waals surface area contributed by atoms with Crippen LogP contribution in [0, 0.1) is 6.92 Å². The van der Waals surface area contributed by atoms with Gasteiger partial charge in [0, 0.05) is 18.7 Å². The first-order chi connectivity index (χ1) is 15.0. The molecule has 158 valence electrons. The lowest BCUT2D eigenvalue weighted by Gasteiger charge is -2.31. The quantitative estimate of drug-likeness (QED) is 0.619. The second kappa shape index (κ2) is 7.54. The van der Waals surface area contributed by atoms with Gasteiger partial charge in [-0.05, 0) is 67.1 Å². The fraction of sp³-hybridized carbons (Fsp3) is 0.240. The van der Waals surface area contributed by atoms with Gasteiger partial charge in [-0.2, -0.15) is 0 Å². The Morgan fingerprint density at radius 1 is 0.871 bits per heavy atom. The Kier molecular flexibility index (Phi) is 4.82. The molecule has 5 nitrogen and oxygen atoms in total. The van der Waals surface area contributed by atoms with Crippen LogP contribution in [0.1, 0.15) is 33.5 Å². The second-order valence-electron chi connectivity index (χ2n) is 8.13. The summed E-state index contributed by atoms with van der Waals surface area (Å²) in [6.45, 7) is 3.06. The zero-order valence-electron chi connectivity index (χ0n) is 17.4. The minimum Gasteiger partial charge on any atom is -0.308 e. The summed E-state index contributed by atoms with van der Waals surface area (Å²) < 4.78 is 28.3. The van der Waals surface area contributed by atoms with Crippen molar-refractivity contribution in [3.05, 3.63) is 89.0 Å². The third-order valence-electron chi connectivity index (χ3n) is 6.18. The van der Waals surface area contributed by atoms with Crippen LogP contribution in [0.25, 0.3) is 0 Å². The van der Waals surface area contributed by atoms with Gasteiger partial charge >= 0.3 is 0 Å². The van der Waals surface area contributed by atoms with E-state index in [9.17, 15) is 13.2 Å². The summed E-state index contributed by atoms with van der Waals surface area (Å²) in [6.07, 6.45) is 2.53. The molecule has 0 aliphatic carbocycles. The van der Waals surface area contributed by atoms with E-state index in [-0.39, 0.29) is 10.8 Å². The minimum atomic E-state index is -3.74. The normalized spacial score (nSPS) is 15.5. The molecular formula is C25H24N2O3S. The summed E-state index contributed by atoms with van der Waals surface area (Å²) in [6, 6.07) is 20.1. The first kappa shape index (κ1) is 19.8. The number of hydrogen-bond acceptors (Lipinski definition) is 3. The van der Waals surface area contributed by atoms with Crippen molar-refractivity contribution in [3.8, 4) is 0 Å². The number of benzene rings is 3. The fourth-order valence-electron chi connectivity index (χ4n) is 4.68. The van der Waals surface area contributed by atoms with Crippen molar-refractivity contribution >= 4 is 27.3 Å². The van der Waals surface area contributed by atoms with Crippen molar-refractivity contribution in [1.29, 1.82) is 0 Å². The van der Waals surface area contributed by atoms with E-state index < -0.39 is 10.0 Å². The maximum absolute atomic E-state index is 13.4. The number of amides is 1. The van der Waals surface area contributed by atoms with Crippen LogP contribution in [-0.2, 0) is 22.9 Å². The first-order valence-corrected chi connectivity index (χ1v) is 12.0. The summed E-state index contributed by atoms with van der Waals surface area (Å²) in [5.74, 6) is -0.158. The lowest BCUT2D eigenvalue weighted by atomic mass is 9.97. The van der Waals surface area contributed by atoms with Gasteiger partial charge in [0.05, 0.1) is 16.3 Å². The van der Waals surface area contributed by atoms with Crippen LogP contribution >= 0.6 is 0 Å². The van der Waals surface area contributed by atoms with Crippen LogP contribution in [0.3, 0.4) is 0 Å². The molecule has 0 unspecified atom stereocenters. The molecule has 1 amide bonds. The number of sulfonamides is 1. The van der Waals surface area contributed by atoms with E-state index in [1.807, 2.05) is 43.3 Å². The van der Waals surface area contributed by atoms with E-state index in [1.165, 1.54) is 10.4 Å². The lowest BCUT2D eigenvalue weighted by molar-refractivity contribution is 0.0984. The average Bonchev–Trinajstić information content (AvgIpc) is 3.24. The van der Waals surface area contributed by atoms with E-state index in [4.69, 9.17) is 0 Å². The molecule has 0 aromatic heterocycles. The Bertz CT molecular complexity index is 1280. The predicted octanol–water partition coefficient (Wildman–Crippen LogP) is 4.34. The molecule has 3 aromatic carbocycles. The van der Waals surface area contributed by atoms with E-state index in [0.717, 1.165) is 40.9 Å². The monoisotopic (exact) mass is 432 g/mol. The van der Waals surface area contributed by atoms with Gasteiger partial charge in [0.1, 0.15) is 0 Å². The molecule has 0 spiro atoms. The third-order valence-corrected chi connectivity index (χ3v) is 7.99.